The molecule has 1 N–H and O–H groups in total. The van der Waals surface area contributed by atoms with Gasteiger partial charge in [-0.05, 0) is 36.8 Å². The van der Waals surface area contributed by atoms with Crippen LogP contribution in [0.2, 0.25) is 0 Å². The van der Waals surface area contributed by atoms with Gasteiger partial charge >= 0.3 is 0 Å². The number of rotatable bonds is 4. The highest BCUT2D eigenvalue weighted by atomic mass is 32.2. The van der Waals surface area contributed by atoms with Crippen molar-refractivity contribution < 1.29 is 13.2 Å². The Bertz CT molecular complexity index is 971. The molecule has 8 heteroatoms. The number of nitrogens with zero attached hydrogens (tertiary/aromatic N) is 2. The third-order valence-corrected chi connectivity index (χ3v) is 8.48. The van der Waals surface area contributed by atoms with Gasteiger partial charge in [-0.15, -0.1) is 11.8 Å². The molecule has 148 valence electrons. The molecule has 0 aliphatic carbocycles. The summed E-state index contributed by atoms with van der Waals surface area (Å²) in [4.78, 5) is 15.5. The predicted octanol–water partition coefficient (Wildman–Crippen LogP) is 3.02. The number of nitrogens with one attached hydrogen (secondary N) is 1. The van der Waals surface area contributed by atoms with Crippen LogP contribution in [-0.4, -0.2) is 50.1 Å². The van der Waals surface area contributed by atoms with Crippen LogP contribution in [0, 0.1) is 0 Å². The molecule has 4 rings (SSSR count). The van der Waals surface area contributed by atoms with Gasteiger partial charge in [0.25, 0.3) is 0 Å². The van der Waals surface area contributed by atoms with Gasteiger partial charge in [0.15, 0.2) is 0 Å². The number of anilines is 2. The number of carbonyl (C=O) groups is 1. The van der Waals surface area contributed by atoms with Crippen LogP contribution in [0.3, 0.4) is 0 Å². The van der Waals surface area contributed by atoms with Crippen molar-refractivity contribution in [3.05, 3.63) is 48.5 Å². The number of thioether (sulfide) groups is 1. The molecule has 1 atom stereocenters. The van der Waals surface area contributed by atoms with Crippen LogP contribution in [-0.2, 0) is 14.8 Å². The topological polar surface area (TPSA) is 69.7 Å². The van der Waals surface area contributed by atoms with Crippen LogP contribution in [0.4, 0.5) is 11.4 Å². The zero-order valence-corrected chi connectivity index (χ0v) is 17.3. The summed E-state index contributed by atoms with van der Waals surface area (Å²) in [5.74, 6) is -0.0639. The van der Waals surface area contributed by atoms with Crippen molar-refractivity contribution in [2.75, 3.05) is 36.4 Å². The minimum absolute atomic E-state index is 0.0639. The Balaban J connectivity index is 1.50. The van der Waals surface area contributed by atoms with Crippen LogP contribution in [0.1, 0.15) is 13.3 Å². The molecule has 0 unspecified atom stereocenters. The molecule has 0 aromatic heterocycles. The van der Waals surface area contributed by atoms with E-state index < -0.39 is 10.0 Å². The molecule has 2 aromatic rings. The number of benzene rings is 2. The molecular weight excluding hydrogens is 394 g/mol. The molecule has 1 saturated heterocycles. The number of sulfonamides is 1. The number of piperazine rings is 1. The molecule has 2 aromatic carbocycles. The standard InChI is InChI=1S/C20H23N3O3S2/c1-2-18-20(24)21-17-14-16(8-9-19(17)27-18)28(25,26)23-12-10-22(11-13-23)15-6-4-3-5-7-15/h3-9,14,18H,2,10-13H2,1H3,(H,21,24)/t18-/m0/s1. The van der Waals surface area contributed by atoms with E-state index in [-0.39, 0.29) is 16.1 Å². The SMILES string of the molecule is CC[C@@H]1Sc2ccc(S(=O)(=O)N3CCN(c4ccccc4)CC3)cc2NC1=O. The first-order valence-electron chi connectivity index (χ1n) is 9.41. The van der Waals surface area contributed by atoms with Gasteiger partial charge < -0.3 is 10.2 Å². The molecule has 2 heterocycles. The Morgan fingerprint density at radius 3 is 2.46 bits per heavy atom. The van der Waals surface area contributed by atoms with E-state index in [1.807, 2.05) is 37.3 Å². The van der Waals surface area contributed by atoms with E-state index in [0.717, 1.165) is 17.0 Å². The summed E-state index contributed by atoms with van der Waals surface area (Å²) in [5.41, 5.74) is 1.70. The van der Waals surface area contributed by atoms with E-state index in [2.05, 4.69) is 10.2 Å². The van der Waals surface area contributed by atoms with E-state index in [1.54, 1.807) is 18.2 Å². The molecule has 0 spiro atoms. The van der Waals surface area contributed by atoms with Gasteiger partial charge in [-0.25, -0.2) is 8.42 Å². The number of fused-ring (bicyclic) bond motifs is 1. The molecule has 28 heavy (non-hydrogen) atoms. The average Bonchev–Trinajstić information content (AvgIpc) is 2.73. The molecule has 0 saturated carbocycles. The Morgan fingerprint density at radius 2 is 1.79 bits per heavy atom. The molecule has 2 aliphatic heterocycles. The van der Waals surface area contributed by atoms with E-state index >= 15 is 0 Å². The lowest BCUT2D eigenvalue weighted by atomic mass is 10.2. The fourth-order valence-corrected chi connectivity index (χ4v) is 6.00. The lowest BCUT2D eigenvalue weighted by molar-refractivity contribution is -0.115. The van der Waals surface area contributed by atoms with Gasteiger partial charge in [-0.2, -0.15) is 4.31 Å². The Hall–Kier alpha value is -2.03. The second-order valence-electron chi connectivity index (χ2n) is 6.89. The number of amides is 1. The Labute approximate surface area is 170 Å². The molecule has 1 fully saturated rings. The second-order valence-corrected chi connectivity index (χ2v) is 10.1. The average molecular weight is 418 g/mol. The zero-order chi connectivity index (χ0) is 19.7. The fraction of sp³-hybridized carbons (Fsp3) is 0.350. The fourth-order valence-electron chi connectivity index (χ4n) is 3.53. The van der Waals surface area contributed by atoms with Gasteiger partial charge in [-0.3, -0.25) is 4.79 Å². The van der Waals surface area contributed by atoms with E-state index in [0.29, 0.717) is 31.9 Å². The van der Waals surface area contributed by atoms with Crippen molar-refractivity contribution in [2.45, 2.75) is 28.4 Å². The predicted molar refractivity (Wildman–Crippen MR) is 112 cm³/mol. The van der Waals surface area contributed by atoms with Gasteiger partial charge in [0.05, 0.1) is 15.8 Å². The van der Waals surface area contributed by atoms with Crippen molar-refractivity contribution >= 4 is 39.1 Å². The summed E-state index contributed by atoms with van der Waals surface area (Å²) in [7, 11) is -3.59. The van der Waals surface area contributed by atoms with Crippen molar-refractivity contribution in [2.24, 2.45) is 0 Å². The van der Waals surface area contributed by atoms with Gasteiger partial charge in [0.2, 0.25) is 15.9 Å². The molecular formula is C20H23N3O3S2. The van der Waals surface area contributed by atoms with Crippen molar-refractivity contribution in [1.29, 1.82) is 0 Å². The maximum absolute atomic E-state index is 13.1. The van der Waals surface area contributed by atoms with Crippen molar-refractivity contribution in [3.63, 3.8) is 0 Å². The summed E-state index contributed by atoms with van der Waals surface area (Å²) in [5, 5.41) is 2.73. The summed E-state index contributed by atoms with van der Waals surface area (Å²) in [6.45, 7) is 4.15. The minimum Gasteiger partial charge on any atom is -0.369 e. The summed E-state index contributed by atoms with van der Waals surface area (Å²) in [6, 6.07) is 15.1. The van der Waals surface area contributed by atoms with Crippen LogP contribution in [0.5, 0.6) is 0 Å². The van der Waals surface area contributed by atoms with Crippen molar-refractivity contribution in [3.8, 4) is 0 Å². The highest BCUT2D eigenvalue weighted by molar-refractivity contribution is 8.01. The maximum atomic E-state index is 13.1. The third kappa shape index (κ3) is 3.64. The van der Waals surface area contributed by atoms with Crippen LogP contribution < -0.4 is 10.2 Å². The van der Waals surface area contributed by atoms with E-state index in [1.165, 1.54) is 16.1 Å². The van der Waals surface area contributed by atoms with Crippen LogP contribution in [0.25, 0.3) is 0 Å². The van der Waals surface area contributed by atoms with Crippen LogP contribution >= 0.6 is 11.8 Å². The lowest BCUT2D eigenvalue weighted by Gasteiger charge is -2.35. The number of para-hydroxylation sites is 1. The van der Waals surface area contributed by atoms with Gasteiger partial charge in [-0.1, -0.05) is 25.1 Å². The first-order valence-corrected chi connectivity index (χ1v) is 11.7. The highest BCUT2D eigenvalue weighted by Gasteiger charge is 2.31. The van der Waals surface area contributed by atoms with Gasteiger partial charge in [0.1, 0.15) is 0 Å². The molecule has 2 aliphatic rings. The maximum Gasteiger partial charge on any atom is 0.243 e. The first-order chi connectivity index (χ1) is 13.5. The van der Waals surface area contributed by atoms with Gasteiger partial charge in [0, 0.05) is 36.8 Å². The number of hydrogen-bond donors (Lipinski definition) is 1. The van der Waals surface area contributed by atoms with Crippen LogP contribution in [0.15, 0.2) is 58.3 Å². The Morgan fingerprint density at radius 1 is 1.07 bits per heavy atom. The van der Waals surface area contributed by atoms with Crippen molar-refractivity contribution in [1.82, 2.24) is 4.31 Å². The Kier molecular flexibility index (Phi) is 5.35. The normalized spacial score (nSPS) is 20.5. The molecule has 0 radical (unpaired) electrons. The first kappa shape index (κ1) is 19.3. The zero-order valence-electron chi connectivity index (χ0n) is 15.7. The number of hydrogen-bond acceptors (Lipinski definition) is 5. The largest absolute Gasteiger partial charge is 0.369 e. The summed E-state index contributed by atoms with van der Waals surface area (Å²) in [6.07, 6.45) is 0.738. The smallest absolute Gasteiger partial charge is 0.243 e. The summed E-state index contributed by atoms with van der Waals surface area (Å²) < 4.78 is 27.7. The quantitative estimate of drug-likeness (QED) is 0.828. The number of carbonyl (C=O) groups excluding carboxylic acids is 1. The third-order valence-electron chi connectivity index (χ3n) is 5.14. The highest BCUT2D eigenvalue weighted by Crippen LogP contribution is 2.38. The summed E-state index contributed by atoms with van der Waals surface area (Å²) >= 11 is 1.49. The second kappa shape index (κ2) is 7.77. The minimum atomic E-state index is -3.59. The van der Waals surface area contributed by atoms with E-state index in [4.69, 9.17) is 0 Å². The molecule has 0 bridgehead atoms. The molecule has 6 nitrogen and oxygen atoms in total. The lowest BCUT2D eigenvalue weighted by Crippen LogP contribution is -2.48. The van der Waals surface area contributed by atoms with E-state index in [9.17, 15) is 13.2 Å². The monoisotopic (exact) mass is 417 g/mol. The molecule has 1 amide bonds.